The molecule has 0 bridgehead atoms. The first-order valence-electron chi connectivity index (χ1n) is 10.1. The summed E-state index contributed by atoms with van der Waals surface area (Å²) in [5.74, 6) is 2.37. The van der Waals surface area contributed by atoms with Gasteiger partial charge in [0, 0.05) is 10.2 Å². The molecule has 4 atom stereocenters. The van der Waals surface area contributed by atoms with Crippen molar-refractivity contribution in [3.8, 4) is 5.75 Å². The summed E-state index contributed by atoms with van der Waals surface area (Å²) < 4.78 is 26.0. The van der Waals surface area contributed by atoms with Crippen LogP contribution >= 0.6 is 18.0 Å². The molecule has 152 valence electrons. The molecule has 0 aromatic heterocycles. The summed E-state index contributed by atoms with van der Waals surface area (Å²) >= 11 is 1.35. The van der Waals surface area contributed by atoms with Gasteiger partial charge in [-0.1, -0.05) is 45.4 Å². The summed E-state index contributed by atoms with van der Waals surface area (Å²) in [7, 11) is 1.65. The molecule has 2 aromatic rings. The topological polar surface area (TPSA) is 35.5 Å². The monoisotopic (exact) mass is 418 g/mol. The zero-order chi connectivity index (χ0) is 20.1. The molecule has 1 saturated carbocycles. The molecule has 1 unspecified atom stereocenters. The lowest BCUT2D eigenvalue weighted by Gasteiger charge is -2.38. The number of methoxy groups -OCH3 is 1. The van der Waals surface area contributed by atoms with E-state index in [1.807, 2.05) is 54.6 Å². The van der Waals surface area contributed by atoms with Crippen LogP contribution in [0.4, 0.5) is 0 Å². The van der Waals surface area contributed by atoms with E-state index < -0.39 is 6.57 Å². The van der Waals surface area contributed by atoms with Crippen LogP contribution in [-0.4, -0.2) is 13.2 Å². The van der Waals surface area contributed by atoms with Crippen molar-refractivity contribution in [1.82, 2.24) is 0 Å². The van der Waals surface area contributed by atoms with Gasteiger partial charge < -0.3 is 9.26 Å². The zero-order valence-electron chi connectivity index (χ0n) is 17.2. The van der Waals surface area contributed by atoms with Crippen molar-refractivity contribution < 1.29 is 13.8 Å². The Kier molecular flexibility index (Phi) is 7.31. The molecule has 0 aliphatic heterocycles. The third-order valence-corrected chi connectivity index (χ3v) is 10.0. The molecule has 1 aliphatic carbocycles. The van der Waals surface area contributed by atoms with Crippen LogP contribution in [0.5, 0.6) is 5.75 Å². The van der Waals surface area contributed by atoms with Crippen molar-refractivity contribution in [2.45, 2.75) is 51.0 Å². The van der Waals surface area contributed by atoms with Crippen LogP contribution in [0.15, 0.2) is 59.5 Å². The summed E-state index contributed by atoms with van der Waals surface area (Å²) in [6.45, 7) is 3.66. The summed E-state index contributed by atoms with van der Waals surface area (Å²) in [5.41, 5.74) is 0. The average molecular weight is 419 g/mol. The quantitative estimate of drug-likeness (QED) is 0.464. The maximum atomic E-state index is 14.2. The van der Waals surface area contributed by atoms with Crippen molar-refractivity contribution in [3.05, 3.63) is 54.6 Å². The molecule has 0 heterocycles. The molecule has 3 rings (SSSR count). The third kappa shape index (κ3) is 5.23. The van der Waals surface area contributed by atoms with E-state index in [0.717, 1.165) is 28.8 Å². The SMILES string of the molecule is COc1ccc(SP(=O)(O[C@@H]2C[C@H](C)CC[C@H]2C(C)C)c2ccccc2)cc1. The minimum atomic E-state index is -3.11. The van der Waals surface area contributed by atoms with Gasteiger partial charge in [-0.25, -0.2) is 0 Å². The van der Waals surface area contributed by atoms with Gasteiger partial charge in [-0.2, -0.15) is 0 Å². The highest BCUT2D eigenvalue weighted by molar-refractivity contribution is 8.58. The molecular formula is C23H31O3PS. The highest BCUT2D eigenvalue weighted by atomic mass is 32.7. The highest BCUT2D eigenvalue weighted by Gasteiger charge is 2.38. The van der Waals surface area contributed by atoms with Crippen molar-refractivity contribution in [3.63, 3.8) is 0 Å². The second-order valence-corrected chi connectivity index (χ2v) is 12.4. The lowest BCUT2D eigenvalue weighted by molar-refractivity contribution is 0.0527. The number of rotatable bonds is 7. The molecule has 0 spiro atoms. The van der Waals surface area contributed by atoms with Crippen molar-refractivity contribution in [1.29, 1.82) is 0 Å². The van der Waals surface area contributed by atoms with Crippen molar-refractivity contribution in [2.75, 3.05) is 7.11 Å². The van der Waals surface area contributed by atoms with Gasteiger partial charge in [0.2, 0.25) is 0 Å². The fraction of sp³-hybridized carbons (Fsp3) is 0.478. The van der Waals surface area contributed by atoms with E-state index in [-0.39, 0.29) is 6.10 Å². The van der Waals surface area contributed by atoms with E-state index in [1.165, 1.54) is 17.8 Å². The minimum Gasteiger partial charge on any atom is -0.497 e. The van der Waals surface area contributed by atoms with Crippen LogP contribution in [0.3, 0.4) is 0 Å². The lowest BCUT2D eigenvalue weighted by atomic mass is 9.75. The van der Waals surface area contributed by atoms with Crippen LogP contribution in [-0.2, 0) is 9.09 Å². The Labute approximate surface area is 173 Å². The molecule has 28 heavy (non-hydrogen) atoms. The summed E-state index contributed by atoms with van der Waals surface area (Å²) in [6, 6.07) is 17.4. The standard InChI is InChI=1S/C23H31O3PS/c1-17(2)22-15-10-18(3)16-23(22)26-27(24,20-8-6-5-7-9-20)28-21-13-11-19(25-4)12-14-21/h5-9,11-14,17-18,22-23H,10,15-16H2,1-4H3/t18-,22+,23-,27?/m1/s1. The first-order chi connectivity index (χ1) is 13.4. The van der Waals surface area contributed by atoms with Crippen LogP contribution < -0.4 is 10.0 Å². The van der Waals surface area contributed by atoms with Gasteiger partial charge in [0.25, 0.3) is 6.57 Å². The third-order valence-electron chi connectivity index (χ3n) is 5.59. The van der Waals surface area contributed by atoms with E-state index >= 15 is 0 Å². The van der Waals surface area contributed by atoms with Gasteiger partial charge in [0.1, 0.15) is 5.75 Å². The molecule has 0 N–H and O–H groups in total. The predicted octanol–water partition coefficient (Wildman–Crippen LogP) is 6.78. The largest absolute Gasteiger partial charge is 0.497 e. The van der Waals surface area contributed by atoms with Crippen LogP contribution in [0, 0.1) is 17.8 Å². The molecule has 1 fully saturated rings. The summed E-state index contributed by atoms with van der Waals surface area (Å²) in [4.78, 5) is 0.929. The first-order valence-corrected chi connectivity index (χ1v) is 13.1. The summed E-state index contributed by atoms with van der Waals surface area (Å²) in [6.07, 6.45) is 3.37. The zero-order valence-corrected chi connectivity index (χ0v) is 18.9. The molecule has 5 heteroatoms. The minimum absolute atomic E-state index is 0.0283. The molecule has 0 radical (unpaired) electrons. The maximum Gasteiger partial charge on any atom is 0.291 e. The van der Waals surface area contributed by atoms with Crippen LogP contribution in [0.25, 0.3) is 0 Å². The number of hydrogen-bond acceptors (Lipinski definition) is 4. The average Bonchev–Trinajstić information content (AvgIpc) is 2.69. The van der Waals surface area contributed by atoms with E-state index in [0.29, 0.717) is 17.8 Å². The van der Waals surface area contributed by atoms with Gasteiger partial charge in [0.05, 0.1) is 13.2 Å². The second kappa shape index (κ2) is 9.52. The van der Waals surface area contributed by atoms with Crippen molar-refractivity contribution in [2.24, 2.45) is 17.8 Å². The van der Waals surface area contributed by atoms with E-state index in [9.17, 15) is 4.57 Å². The molecule has 0 amide bonds. The fourth-order valence-corrected chi connectivity index (χ4v) is 8.22. The van der Waals surface area contributed by atoms with E-state index in [4.69, 9.17) is 9.26 Å². The van der Waals surface area contributed by atoms with Crippen molar-refractivity contribution >= 4 is 23.3 Å². The smallest absolute Gasteiger partial charge is 0.291 e. The molecule has 3 nitrogen and oxygen atoms in total. The Morgan fingerprint density at radius 1 is 1.04 bits per heavy atom. The van der Waals surface area contributed by atoms with Gasteiger partial charge in [0.15, 0.2) is 0 Å². The summed E-state index contributed by atoms with van der Waals surface area (Å²) in [5, 5.41) is 0.775. The first kappa shape index (κ1) is 21.5. The Balaban J connectivity index is 1.90. The van der Waals surface area contributed by atoms with E-state index in [2.05, 4.69) is 20.8 Å². The Bertz CT molecular complexity index is 791. The van der Waals surface area contributed by atoms with E-state index in [1.54, 1.807) is 7.11 Å². The maximum absolute atomic E-state index is 14.2. The van der Waals surface area contributed by atoms with Gasteiger partial charge in [-0.15, -0.1) is 0 Å². The number of benzene rings is 2. The van der Waals surface area contributed by atoms with Crippen LogP contribution in [0.1, 0.15) is 40.0 Å². The Morgan fingerprint density at radius 2 is 1.71 bits per heavy atom. The van der Waals surface area contributed by atoms with Gasteiger partial charge in [-0.05, 0) is 78.4 Å². The molecule has 0 saturated heterocycles. The molecular weight excluding hydrogens is 387 g/mol. The molecule has 2 aromatic carbocycles. The Morgan fingerprint density at radius 3 is 2.32 bits per heavy atom. The lowest BCUT2D eigenvalue weighted by Crippen LogP contribution is -2.34. The Hall–Kier alpha value is -1.22. The number of ether oxygens (including phenoxy) is 1. The highest BCUT2D eigenvalue weighted by Crippen LogP contribution is 2.64. The second-order valence-electron chi connectivity index (χ2n) is 8.07. The molecule has 1 aliphatic rings. The van der Waals surface area contributed by atoms with Gasteiger partial charge >= 0.3 is 0 Å². The fourth-order valence-electron chi connectivity index (χ4n) is 3.94. The number of hydrogen-bond donors (Lipinski definition) is 0. The normalized spacial score (nSPS) is 24.7. The van der Waals surface area contributed by atoms with Crippen LogP contribution in [0.2, 0.25) is 0 Å². The van der Waals surface area contributed by atoms with Gasteiger partial charge in [-0.3, -0.25) is 4.57 Å². The predicted molar refractivity (Wildman–Crippen MR) is 119 cm³/mol.